The van der Waals surface area contributed by atoms with Crippen molar-refractivity contribution in [1.82, 2.24) is 4.67 Å². The van der Waals surface area contributed by atoms with Gasteiger partial charge in [-0.1, -0.05) is 37.6 Å². The minimum atomic E-state index is -1.17. The highest BCUT2D eigenvalue weighted by Crippen LogP contribution is 2.46. The highest BCUT2D eigenvalue weighted by atomic mass is 31.2. The molecule has 0 N–H and O–H groups in total. The molecule has 2 atom stereocenters. The Morgan fingerprint density at radius 2 is 1.70 bits per heavy atom. The molecule has 1 aromatic carbocycles. The first-order chi connectivity index (χ1) is 16.0. The highest BCUT2D eigenvalue weighted by molar-refractivity contribution is 7.44. The second-order valence-electron chi connectivity index (χ2n) is 8.85. The zero-order chi connectivity index (χ0) is 24.1. The van der Waals surface area contributed by atoms with Gasteiger partial charge in [0.1, 0.15) is 12.0 Å². The van der Waals surface area contributed by atoms with Crippen LogP contribution >= 0.6 is 8.53 Å². The van der Waals surface area contributed by atoms with Crippen LogP contribution < -0.4 is 0 Å². The lowest BCUT2D eigenvalue weighted by atomic mass is 10.1. The van der Waals surface area contributed by atoms with E-state index in [1.807, 2.05) is 0 Å². The van der Waals surface area contributed by atoms with E-state index in [9.17, 15) is 0 Å². The first-order valence-corrected chi connectivity index (χ1v) is 13.4. The SMILES string of the molecule is CCCCc1ccc(C2OC=C(CCCCOP(OCCC#N)N(C(C)C)C(C)C)O2)cc1. The van der Waals surface area contributed by atoms with Crippen LogP contribution in [0.25, 0.3) is 0 Å². The number of nitriles is 1. The minimum absolute atomic E-state index is 0.310. The lowest BCUT2D eigenvalue weighted by Gasteiger charge is -2.35. The molecule has 1 aliphatic heterocycles. The van der Waals surface area contributed by atoms with Crippen LogP contribution in [0.2, 0.25) is 0 Å². The fourth-order valence-electron chi connectivity index (χ4n) is 3.67. The predicted molar refractivity (Wildman–Crippen MR) is 133 cm³/mol. The Morgan fingerprint density at radius 3 is 2.33 bits per heavy atom. The zero-order valence-electron chi connectivity index (χ0n) is 21.0. The van der Waals surface area contributed by atoms with Crippen LogP contribution in [-0.2, 0) is 24.9 Å². The summed E-state index contributed by atoms with van der Waals surface area (Å²) in [6, 6.07) is 11.3. The van der Waals surface area contributed by atoms with E-state index in [0.717, 1.165) is 37.0 Å². The summed E-state index contributed by atoms with van der Waals surface area (Å²) in [5.41, 5.74) is 2.41. The van der Waals surface area contributed by atoms with Crippen molar-refractivity contribution in [3.8, 4) is 6.07 Å². The maximum Gasteiger partial charge on any atom is 0.266 e. The van der Waals surface area contributed by atoms with Gasteiger partial charge in [0.05, 0.1) is 25.7 Å². The molecule has 7 heteroatoms. The fourth-order valence-corrected chi connectivity index (χ4v) is 5.30. The number of unbranched alkanes of at least 4 members (excludes halogenated alkanes) is 2. The van der Waals surface area contributed by atoms with E-state index in [-0.39, 0.29) is 6.29 Å². The summed E-state index contributed by atoms with van der Waals surface area (Å²) >= 11 is 0. The Hall–Kier alpha value is -1.64. The van der Waals surface area contributed by atoms with Crippen molar-refractivity contribution in [1.29, 1.82) is 5.26 Å². The first-order valence-electron chi connectivity index (χ1n) is 12.3. The summed E-state index contributed by atoms with van der Waals surface area (Å²) in [7, 11) is -1.17. The van der Waals surface area contributed by atoms with E-state index in [4.69, 9.17) is 23.8 Å². The number of ether oxygens (including phenoxy) is 2. The fraction of sp³-hybridized carbons (Fsp3) is 0.654. The molecule has 2 rings (SSSR count). The van der Waals surface area contributed by atoms with Gasteiger partial charge in [-0.05, 0) is 58.9 Å². The molecule has 0 saturated carbocycles. The molecule has 0 fully saturated rings. The molecule has 1 heterocycles. The zero-order valence-corrected chi connectivity index (χ0v) is 21.9. The summed E-state index contributed by atoms with van der Waals surface area (Å²) in [5.74, 6) is 0.883. The average molecular weight is 477 g/mol. The first kappa shape index (κ1) is 27.6. The van der Waals surface area contributed by atoms with Crippen molar-refractivity contribution >= 4 is 8.53 Å². The molecule has 2 unspecified atom stereocenters. The van der Waals surface area contributed by atoms with Crippen LogP contribution in [0.3, 0.4) is 0 Å². The molecule has 0 radical (unpaired) electrons. The second-order valence-corrected chi connectivity index (χ2v) is 10.3. The largest absolute Gasteiger partial charge is 0.455 e. The lowest BCUT2D eigenvalue weighted by Crippen LogP contribution is -2.33. The molecule has 0 spiro atoms. The maximum atomic E-state index is 8.82. The van der Waals surface area contributed by atoms with Crippen LogP contribution in [0.4, 0.5) is 0 Å². The second kappa shape index (κ2) is 15.3. The molecule has 184 valence electrons. The van der Waals surface area contributed by atoms with Gasteiger partial charge in [-0.25, -0.2) is 4.67 Å². The van der Waals surface area contributed by atoms with E-state index in [0.29, 0.717) is 31.7 Å². The lowest BCUT2D eigenvalue weighted by molar-refractivity contribution is -0.0356. The normalized spacial score (nSPS) is 16.6. The Kier molecular flexibility index (Phi) is 12.8. The molecule has 1 aliphatic rings. The molecular formula is C26H41N2O4P. The number of nitrogens with zero attached hydrogens (tertiary/aromatic N) is 2. The van der Waals surface area contributed by atoms with E-state index in [2.05, 4.69) is 69.6 Å². The number of hydrogen-bond acceptors (Lipinski definition) is 6. The van der Waals surface area contributed by atoms with Crippen molar-refractivity contribution < 1.29 is 18.5 Å². The van der Waals surface area contributed by atoms with Crippen molar-refractivity contribution in [2.75, 3.05) is 13.2 Å². The summed E-state index contributed by atoms with van der Waals surface area (Å²) in [5, 5.41) is 8.82. The summed E-state index contributed by atoms with van der Waals surface area (Å²) in [4.78, 5) is 0. The molecule has 0 aromatic heterocycles. The van der Waals surface area contributed by atoms with Crippen LogP contribution in [0.15, 0.2) is 36.3 Å². The molecule has 6 nitrogen and oxygen atoms in total. The smallest absolute Gasteiger partial charge is 0.266 e. The third-order valence-corrected chi connectivity index (χ3v) is 7.44. The average Bonchev–Trinajstić information content (AvgIpc) is 3.26. The van der Waals surface area contributed by atoms with Crippen LogP contribution in [0.1, 0.15) is 90.6 Å². The predicted octanol–water partition coefficient (Wildman–Crippen LogP) is 7.38. The van der Waals surface area contributed by atoms with Crippen LogP contribution in [0.5, 0.6) is 0 Å². The Bertz CT molecular complexity index is 738. The topological polar surface area (TPSA) is 64.0 Å². The molecule has 0 bridgehead atoms. The van der Waals surface area contributed by atoms with Crippen molar-refractivity contribution in [2.24, 2.45) is 0 Å². The van der Waals surface area contributed by atoms with Gasteiger partial charge in [0.25, 0.3) is 14.8 Å². The third-order valence-electron chi connectivity index (χ3n) is 5.33. The van der Waals surface area contributed by atoms with Gasteiger partial charge >= 0.3 is 0 Å². The molecule has 33 heavy (non-hydrogen) atoms. The van der Waals surface area contributed by atoms with E-state index < -0.39 is 8.53 Å². The van der Waals surface area contributed by atoms with Gasteiger partial charge in [-0.2, -0.15) is 5.26 Å². The number of allylic oxidation sites excluding steroid dienone is 1. The van der Waals surface area contributed by atoms with Crippen LogP contribution in [0, 0.1) is 11.3 Å². The number of benzene rings is 1. The summed E-state index contributed by atoms with van der Waals surface area (Å²) in [6.07, 6.45) is 7.98. The summed E-state index contributed by atoms with van der Waals surface area (Å²) in [6.45, 7) is 11.8. The quantitative estimate of drug-likeness (QED) is 0.183. The molecule has 0 saturated heterocycles. The Labute approximate surface area is 201 Å². The van der Waals surface area contributed by atoms with Crippen molar-refractivity contribution in [3.63, 3.8) is 0 Å². The van der Waals surface area contributed by atoms with E-state index in [1.165, 1.54) is 18.4 Å². The number of hydrogen-bond donors (Lipinski definition) is 0. The van der Waals surface area contributed by atoms with Crippen LogP contribution in [-0.4, -0.2) is 30.0 Å². The standard InChI is InChI=1S/C26H41N2O4P/c1-6-7-11-23-13-15-24(16-14-23)26-29-20-25(32-26)12-8-9-18-30-33(31-19-10-17-27)28(21(2)3)22(4)5/h13-16,20-22,26H,6-12,18-19H2,1-5H3. The molecule has 0 aliphatic carbocycles. The van der Waals surface area contributed by atoms with Gasteiger partial charge in [0.2, 0.25) is 0 Å². The van der Waals surface area contributed by atoms with Gasteiger partial charge in [0, 0.05) is 24.1 Å². The van der Waals surface area contributed by atoms with Crippen molar-refractivity contribution in [3.05, 3.63) is 47.4 Å². The Balaban J connectivity index is 1.72. The summed E-state index contributed by atoms with van der Waals surface area (Å²) < 4.78 is 26.1. The monoisotopic (exact) mass is 476 g/mol. The van der Waals surface area contributed by atoms with Gasteiger partial charge in [-0.3, -0.25) is 0 Å². The third kappa shape index (κ3) is 9.63. The number of rotatable bonds is 16. The molecule has 1 aromatic rings. The number of aryl methyl sites for hydroxylation is 1. The Morgan fingerprint density at radius 1 is 1.00 bits per heavy atom. The maximum absolute atomic E-state index is 8.82. The van der Waals surface area contributed by atoms with Gasteiger partial charge in [-0.15, -0.1) is 0 Å². The van der Waals surface area contributed by atoms with E-state index in [1.54, 1.807) is 6.26 Å². The highest BCUT2D eigenvalue weighted by Gasteiger charge is 2.27. The van der Waals surface area contributed by atoms with Crippen molar-refractivity contribution in [2.45, 2.75) is 97.9 Å². The molecule has 0 amide bonds. The molecular weight excluding hydrogens is 435 g/mol. The van der Waals surface area contributed by atoms with Gasteiger partial charge in [0.15, 0.2) is 0 Å². The van der Waals surface area contributed by atoms with E-state index >= 15 is 0 Å². The van der Waals surface area contributed by atoms with Gasteiger partial charge < -0.3 is 18.5 Å². The minimum Gasteiger partial charge on any atom is -0.455 e.